The first-order valence-electron chi connectivity index (χ1n) is 16.9. The van der Waals surface area contributed by atoms with E-state index in [1.165, 1.54) is 0 Å². The van der Waals surface area contributed by atoms with Crippen molar-refractivity contribution in [2.75, 3.05) is 0 Å². The molecule has 8 aromatic carbocycles. The summed E-state index contributed by atoms with van der Waals surface area (Å²) in [6, 6.07) is 43.5. The highest BCUT2D eigenvalue weighted by Gasteiger charge is 2.23. The molecular weight excluding hydrogens is 620 g/mol. The van der Waals surface area contributed by atoms with Crippen LogP contribution in [0.15, 0.2) is 127 Å². The maximum atomic E-state index is 7.04. The Kier molecular flexibility index (Phi) is 7.66. The Morgan fingerprint density at radius 1 is 0.385 bits per heavy atom. The molecule has 9 rings (SSSR count). The molecule has 0 atom stereocenters. The van der Waals surface area contributed by atoms with Crippen molar-refractivity contribution >= 4 is 137 Å². The number of fused-ring (bicyclic) bond motifs is 4. The van der Waals surface area contributed by atoms with Gasteiger partial charge in [0.2, 0.25) is 0 Å². The average molecular weight is 641 g/mol. The zero-order chi connectivity index (χ0) is 35.8. The second kappa shape index (κ2) is 12.3. The molecule has 0 fully saturated rings. The highest BCUT2D eigenvalue weighted by Crippen LogP contribution is 2.44. The lowest BCUT2D eigenvalue weighted by Gasteiger charge is -2.27. The molecule has 1 aromatic heterocycles. The lowest BCUT2D eigenvalue weighted by atomic mass is 9.58. The van der Waals surface area contributed by atoms with Crippen molar-refractivity contribution in [3.8, 4) is 39.3 Å². The molecule has 9 heteroatoms. The molecule has 0 unspecified atom stereocenters. The van der Waals surface area contributed by atoms with Crippen molar-refractivity contribution in [3.05, 3.63) is 127 Å². The van der Waals surface area contributed by atoms with Crippen molar-refractivity contribution in [2.45, 2.75) is 0 Å². The maximum Gasteiger partial charge on any atom is 0.145 e. The molecular formula is C43H21B7N2. The standard InChI is InChI=1S/C43H21B7N2/c44-36-33(37(45)38(46)35-34(36)39(47)41(49)42(50)40(35)48)32-27-17-6-4-15-25(27)31(26-16-5-7-18-28(26)32)22-11-10-12-23(21-22)43-51-29-19-8-9-20-30(29)52(43)24-13-2-1-3-14-24/h1-21H. The highest BCUT2D eigenvalue weighted by molar-refractivity contribution is 6.72. The van der Waals surface area contributed by atoms with E-state index in [-0.39, 0.29) is 32.8 Å². The molecule has 0 bridgehead atoms. The second-order valence-electron chi connectivity index (χ2n) is 13.0. The van der Waals surface area contributed by atoms with Crippen molar-refractivity contribution in [3.63, 3.8) is 0 Å². The first-order valence-corrected chi connectivity index (χ1v) is 16.9. The van der Waals surface area contributed by atoms with Gasteiger partial charge in [0, 0.05) is 11.3 Å². The number of hydrogen-bond acceptors (Lipinski definition) is 1. The van der Waals surface area contributed by atoms with Crippen LogP contribution in [0.1, 0.15) is 0 Å². The minimum absolute atomic E-state index is 0.144. The van der Waals surface area contributed by atoms with Crippen molar-refractivity contribution in [2.24, 2.45) is 0 Å². The fraction of sp³-hybridized carbons (Fsp3) is 0. The minimum Gasteiger partial charge on any atom is -0.292 e. The molecule has 1 heterocycles. The number of rotatable bonds is 4. The van der Waals surface area contributed by atoms with Gasteiger partial charge in [-0.15, -0.1) is 10.9 Å². The van der Waals surface area contributed by atoms with E-state index < -0.39 is 0 Å². The summed E-state index contributed by atoms with van der Waals surface area (Å²) in [5.41, 5.74) is 8.98. The Balaban J connectivity index is 1.35. The maximum absolute atomic E-state index is 7.04. The molecule has 0 amide bonds. The molecule has 14 radical (unpaired) electrons. The van der Waals surface area contributed by atoms with Gasteiger partial charge in [0.1, 0.15) is 60.7 Å². The van der Waals surface area contributed by atoms with Crippen LogP contribution in [0.25, 0.3) is 82.7 Å². The molecule has 0 spiro atoms. The van der Waals surface area contributed by atoms with Crippen LogP contribution >= 0.6 is 0 Å². The Morgan fingerprint density at radius 3 is 1.52 bits per heavy atom. The van der Waals surface area contributed by atoms with Crippen LogP contribution in [0.4, 0.5) is 0 Å². The Hall–Kier alpha value is -5.54. The number of imidazole rings is 1. The summed E-state index contributed by atoms with van der Waals surface area (Å²) in [7, 11) is 46.3. The van der Waals surface area contributed by atoms with Crippen molar-refractivity contribution in [1.29, 1.82) is 0 Å². The summed E-state index contributed by atoms with van der Waals surface area (Å²) in [5.74, 6) is 0.850. The Morgan fingerprint density at radius 2 is 0.885 bits per heavy atom. The summed E-state index contributed by atoms with van der Waals surface area (Å²) in [6.07, 6.45) is 0. The monoisotopic (exact) mass is 642 g/mol. The third kappa shape index (κ3) is 4.72. The number of benzene rings is 8. The van der Waals surface area contributed by atoms with Gasteiger partial charge in [0.15, 0.2) is 0 Å². The molecule has 0 aliphatic carbocycles. The number of nitrogens with zero attached hydrogens (tertiary/aromatic N) is 2. The molecule has 224 valence electrons. The van der Waals surface area contributed by atoms with Crippen LogP contribution in [0, 0.1) is 0 Å². The van der Waals surface area contributed by atoms with E-state index >= 15 is 0 Å². The van der Waals surface area contributed by atoms with Crippen molar-refractivity contribution in [1.82, 2.24) is 9.55 Å². The Labute approximate surface area is 311 Å². The van der Waals surface area contributed by atoms with E-state index in [1.54, 1.807) is 0 Å². The zero-order valence-electron chi connectivity index (χ0n) is 28.1. The Bertz CT molecular complexity index is 2880. The van der Waals surface area contributed by atoms with Crippen LogP contribution < -0.4 is 38.2 Å². The first-order chi connectivity index (χ1) is 25.3. The summed E-state index contributed by atoms with van der Waals surface area (Å²) < 4.78 is 2.21. The molecule has 9 aromatic rings. The van der Waals surface area contributed by atoms with Gasteiger partial charge in [-0.05, 0) is 84.9 Å². The molecule has 0 saturated heterocycles. The van der Waals surface area contributed by atoms with Gasteiger partial charge in [0.05, 0.1) is 11.0 Å². The lowest BCUT2D eigenvalue weighted by Crippen LogP contribution is -2.52. The van der Waals surface area contributed by atoms with E-state index in [1.807, 2.05) is 60.7 Å². The third-order valence-electron chi connectivity index (χ3n) is 10.2. The average Bonchev–Trinajstić information content (AvgIpc) is 3.57. The van der Waals surface area contributed by atoms with Gasteiger partial charge >= 0.3 is 0 Å². The predicted molar refractivity (Wildman–Crippen MR) is 228 cm³/mol. The molecule has 52 heavy (non-hydrogen) atoms. The van der Waals surface area contributed by atoms with E-state index in [9.17, 15) is 0 Å². The number of hydrogen-bond donors (Lipinski definition) is 0. The van der Waals surface area contributed by atoms with Crippen LogP contribution in [-0.2, 0) is 0 Å². The van der Waals surface area contributed by atoms with Crippen LogP contribution in [0.3, 0.4) is 0 Å². The molecule has 0 aliphatic heterocycles. The second-order valence-corrected chi connectivity index (χ2v) is 13.0. The predicted octanol–water partition coefficient (Wildman–Crippen LogP) is 3.04. The van der Waals surface area contributed by atoms with E-state index in [2.05, 4.69) is 71.3 Å². The quantitative estimate of drug-likeness (QED) is 0.214. The van der Waals surface area contributed by atoms with Gasteiger partial charge in [-0.2, -0.15) is 0 Å². The van der Waals surface area contributed by atoms with E-state index in [0.29, 0.717) is 21.8 Å². The van der Waals surface area contributed by atoms with E-state index in [0.717, 1.165) is 66.3 Å². The molecule has 2 nitrogen and oxygen atoms in total. The summed E-state index contributed by atoms with van der Waals surface area (Å²) in [6.45, 7) is 0. The van der Waals surface area contributed by atoms with Gasteiger partial charge < -0.3 is 0 Å². The summed E-state index contributed by atoms with van der Waals surface area (Å²) in [4.78, 5) is 5.14. The summed E-state index contributed by atoms with van der Waals surface area (Å²) >= 11 is 0. The van der Waals surface area contributed by atoms with Gasteiger partial charge in [0.25, 0.3) is 0 Å². The minimum atomic E-state index is 0.144. The third-order valence-corrected chi connectivity index (χ3v) is 10.2. The van der Waals surface area contributed by atoms with Crippen LogP contribution in [-0.4, -0.2) is 64.5 Å². The normalized spacial score (nSPS) is 11.6. The molecule has 0 N–H and O–H groups in total. The van der Waals surface area contributed by atoms with Crippen LogP contribution in [0.5, 0.6) is 0 Å². The van der Waals surface area contributed by atoms with Gasteiger partial charge in [-0.3, -0.25) is 4.57 Å². The lowest BCUT2D eigenvalue weighted by molar-refractivity contribution is 1.10. The summed E-state index contributed by atoms with van der Waals surface area (Å²) in [5, 5.41) is 4.71. The SMILES string of the molecule is [B]c1c([B])c([B])c2c([B])c(-c3c4ccccc4c(-c4cccc(-c5nc6ccccc6n5-c5ccccc5)c4)c4ccccc34)c([B])c([B])c2c1[B]. The fourth-order valence-electron chi connectivity index (χ4n) is 7.78. The first kappa shape index (κ1) is 32.4. The fourth-order valence-corrected chi connectivity index (χ4v) is 7.78. The number of aromatic nitrogens is 2. The largest absolute Gasteiger partial charge is 0.292 e. The topological polar surface area (TPSA) is 17.8 Å². The van der Waals surface area contributed by atoms with Gasteiger partial charge in [-0.25, -0.2) is 4.98 Å². The number of para-hydroxylation sites is 3. The highest BCUT2D eigenvalue weighted by atomic mass is 15.1. The molecule has 0 saturated carbocycles. The zero-order valence-corrected chi connectivity index (χ0v) is 28.1. The van der Waals surface area contributed by atoms with Crippen molar-refractivity contribution < 1.29 is 0 Å². The smallest absolute Gasteiger partial charge is 0.145 e. The van der Waals surface area contributed by atoms with Crippen LogP contribution in [0.2, 0.25) is 0 Å². The van der Waals surface area contributed by atoms with E-state index in [4.69, 9.17) is 59.9 Å². The van der Waals surface area contributed by atoms with Gasteiger partial charge in [-0.1, -0.05) is 124 Å². The molecule has 0 aliphatic rings.